The van der Waals surface area contributed by atoms with Gasteiger partial charge >= 0.3 is 0 Å². The third kappa shape index (κ3) is 7.28. The van der Waals surface area contributed by atoms with Gasteiger partial charge in [0.15, 0.2) is 0 Å². The fraction of sp³-hybridized carbons (Fsp3) is 0.364. The fourth-order valence-corrected chi connectivity index (χ4v) is 4.92. The molecule has 2 fully saturated rings. The number of carbonyl (C=O) groups is 2. The molecular weight excluding hydrogens is 500 g/mol. The Balaban J connectivity index is 0.00000106. The normalized spacial score (nSPS) is 15.1. The zero-order chi connectivity index (χ0) is 29.2. The van der Waals surface area contributed by atoms with Gasteiger partial charge in [0.2, 0.25) is 0 Å². The Morgan fingerprint density at radius 3 is 2.17 bits per heavy atom. The van der Waals surface area contributed by atoms with Gasteiger partial charge in [-0.2, -0.15) is 0 Å². The molecule has 3 aromatic rings. The summed E-state index contributed by atoms with van der Waals surface area (Å²) in [4.78, 5) is 34.5. The standard InChI is InChI=1S/C29H32N4O3.C2H6.C2H2/c1-19-3-6-21(7-4-19)22-11-13-32(14-12-22)29(36)23-8-5-20(2)26(15-23)28(35)31-24-9-10-27(30-16-24)33-17-25(34)18-33;2*1-2/h3-10,15-16,22,25,34H,11-14,17-18H2,1-2H3,(H,31,35);1-2H3;1-2H. The molecule has 40 heavy (non-hydrogen) atoms. The molecule has 7 heteroatoms. The minimum absolute atomic E-state index is 0.0332. The Morgan fingerprint density at radius 1 is 0.950 bits per heavy atom. The predicted molar refractivity (Wildman–Crippen MR) is 162 cm³/mol. The van der Waals surface area contributed by atoms with Gasteiger partial charge in [0.25, 0.3) is 11.8 Å². The number of aliphatic hydroxyl groups is 1. The van der Waals surface area contributed by atoms with E-state index in [1.54, 1.807) is 24.4 Å². The van der Waals surface area contributed by atoms with Gasteiger partial charge < -0.3 is 20.2 Å². The zero-order valence-electron chi connectivity index (χ0n) is 23.9. The predicted octanol–water partition coefficient (Wildman–Crippen LogP) is 5.43. The van der Waals surface area contributed by atoms with Gasteiger partial charge in [-0.25, -0.2) is 4.98 Å². The molecule has 2 aliphatic heterocycles. The van der Waals surface area contributed by atoms with Gasteiger partial charge in [-0.05, 0) is 68.0 Å². The van der Waals surface area contributed by atoms with Crippen LogP contribution in [0.25, 0.3) is 0 Å². The number of likely N-dealkylation sites (tertiary alicyclic amines) is 1. The summed E-state index contributed by atoms with van der Waals surface area (Å²) < 4.78 is 0. The zero-order valence-corrected chi connectivity index (χ0v) is 23.9. The van der Waals surface area contributed by atoms with Crippen molar-refractivity contribution in [2.45, 2.75) is 52.6 Å². The van der Waals surface area contributed by atoms with Crippen LogP contribution in [0.2, 0.25) is 0 Å². The maximum atomic E-state index is 13.3. The number of benzene rings is 2. The lowest BCUT2D eigenvalue weighted by atomic mass is 9.89. The summed E-state index contributed by atoms with van der Waals surface area (Å²) in [5, 5.41) is 12.4. The highest BCUT2D eigenvalue weighted by Crippen LogP contribution is 2.29. The number of nitrogens with one attached hydrogen (secondary N) is 1. The van der Waals surface area contributed by atoms with Crippen LogP contribution in [0.15, 0.2) is 60.8 Å². The number of rotatable bonds is 5. The lowest BCUT2D eigenvalue weighted by Crippen LogP contribution is -2.51. The van der Waals surface area contributed by atoms with Crippen LogP contribution >= 0.6 is 0 Å². The van der Waals surface area contributed by atoms with Crippen LogP contribution < -0.4 is 10.2 Å². The summed E-state index contributed by atoms with van der Waals surface area (Å²) in [5.41, 5.74) is 4.99. The Bertz CT molecular complexity index is 1290. The Hall–Kier alpha value is -4.15. The average Bonchev–Trinajstić information content (AvgIpc) is 2.98. The monoisotopic (exact) mass is 540 g/mol. The van der Waals surface area contributed by atoms with Crippen molar-refractivity contribution in [1.29, 1.82) is 0 Å². The van der Waals surface area contributed by atoms with E-state index in [1.807, 2.05) is 42.7 Å². The summed E-state index contributed by atoms with van der Waals surface area (Å²) in [5.74, 6) is 0.941. The molecule has 0 saturated carbocycles. The number of pyridine rings is 1. The van der Waals surface area contributed by atoms with Gasteiger partial charge in [-0.15, -0.1) is 12.8 Å². The second kappa shape index (κ2) is 14.3. The molecule has 1 aromatic heterocycles. The van der Waals surface area contributed by atoms with E-state index >= 15 is 0 Å². The van der Waals surface area contributed by atoms with Crippen molar-refractivity contribution in [3.63, 3.8) is 0 Å². The van der Waals surface area contributed by atoms with Crippen molar-refractivity contribution < 1.29 is 14.7 Å². The van der Waals surface area contributed by atoms with Crippen molar-refractivity contribution in [2.24, 2.45) is 0 Å². The Labute approximate surface area is 238 Å². The quantitative estimate of drug-likeness (QED) is 0.422. The van der Waals surface area contributed by atoms with Crippen LogP contribution in [-0.2, 0) is 0 Å². The number of piperidine rings is 1. The first-order chi connectivity index (χ1) is 19.4. The largest absolute Gasteiger partial charge is 0.389 e. The fourth-order valence-electron chi connectivity index (χ4n) is 4.92. The number of terminal acetylenes is 1. The minimum atomic E-state index is -0.302. The second-order valence-corrected chi connectivity index (χ2v) is 9.92. The molecule has 2 amide bonds. The maximum Gasteiger partial charge on any atom is 0.255 e. The maximum absolute atomic E-state index is 13.3. The van der Waals surface area contributed by atoms with Crippen LogP contribution in [0.5, 0.6) is 0 Å². The summed E-state index contributed by atoms with van der Waals surface area (Å²) in [7, 11) is 0. The average molecular weight is 541 g/mol. The van der Waals surface area contributed by atoms with Gasteiger partial charge in [-0.1, -0.05) is 49.7 Å². The van der Waals surface area contributed by atoms with Gasteiger partial charge in [0, 0.05) is 37.3 Å². The van der Waals surface area contributed by atoms with Gasteiger partial charge in [-0.3, -0.25) is 9.59 Å². The molecule has 3 heterocycles. The van der Waals surface area contributed by atoms with Crippen LogP contribution in [-0.4, -0.2) is 59.1 Å². The summed E-state index contributed by atoms with van der Waals surface area (Å²) in [6.07, 6.45) is 11.2. The molecule has 2 aromatic carbocycles. The highest BCUT2D eigenvalue weighted by atomic mass is 16.3. The summed E-state index contributed by atoms with van der Waals surface area (Å²) in [6, 6.07) is 17.6. The number of hydrogen-bond donors (Lipinski definition) is 2. The number of β-amino-alcohol motifs (C(OH)–C–C–N with tert-alkyl or cyclic N) is 1. The minimum Gasteiger partial charge on any atom is -0.389 e. The topological polar surface area (TPSA) is 85.8 Å². The van der Waals surface area contributed by atoms with E-state index in [4.69, 9.17) is 0 Å². The van der Waals surface area contributed by atoms with Gasteiger partial charge in [0.05, 0.1) is 18.0 Å². The van der Waals surface area contributed by atoms with Crippen molar-refractivity contribution in [1.82, 2.24) is 9.88 Å². The molecule has 0 unspecified atom stereocenters. The van der Waals surface area contributed by atoms with E-state index in [0.717, 1.165) is 24.2 Å². The highest BCUT2D eigenvalue weighted by Gasteiger charge is 2.26. The van der Waals surface area contributed by atoms with E-state index in [2.05, 4.69) is 54.3 Å². The number of aryl methyl sites for hydroxylation is 2. The van der Waals surface area contributed by atoms with E-state index in [1.165, 1.54) is 11.1 Å². The molecular formula is C33H40N4O3. The molecule has 0 radical (unpaired) electrons. The van der Waals surface area contributed by atoms with Crippen LogP contribution in [0.3, 0.4) is 0 Å². The molecule has 2 saturated heterocycles. The van der Waals surface area contributed by atoms with Crippen molar-refractivity contribution in [3.8, 4) is 12.8 Å². The first kappa shape index (κ1) is 30.4. The van der Waals surface area contributed by atoms with Crippen LogP contribution in [0.4, 0.5) is 11.5 Å². The summed E-state index contributed by atoms with van der Waals surface area (Å²) in [6.45, 7) is 10.5. The molecule has 2 aliphatic rings. The summed E-state index contributed by atoms with van der Waals surface area (Å²) >= 11 is 0. The van der Waals surface area contributed by atoms with E-state index in [-0.39, 0.29) is 17.9 Å². The number of hydrogen-bond acceptors (Lipinski definition) is 5. The third-order valence-electron chi connectivity index (χ3n) is 7.25. The van der Waals surface area contributed by atoms with Crippen molar-refractivity contribution >= 4 is 23.3 Å². The number of aromatic nitrogens is 1. The van der Waals surface area contributed by atoms with E-state index in [9.17, 15) is 14.7 Å². The van der Waals surface area contributed by atoms with E-state index < -0.39 is 0 Å². The number of aliphatic hydroxyl groups excluding tert-OH is 1. The first-order valence-corrected chi connectivity index (χ1v) is 13.9. The molecule has 7 nitrogen and oxygen atoms in total. The molecule has 5 rings (SSSR count). The van der Waals surface area contributed by atoms with Crippen LogP contribution in [0, 0.1) is 26.7 Å². The Kier molecular flexibility index (Phi) is 10.9. The molecule has 0 spiro atoms. The third-order valence-corrected chi connectivity index (χ3v) is 7.25. The SMILES string of the molecule is C#C.CC.Cc1ccc(C2CCN(C(=O)c3ccc(C)c(C(=O)Nc4ccc(N5CC(O)C5)nc4)c3)CC2)cc1. The lowest BCUT2D eigenvalue weighted by Gasteiger charge is -2.36. The number of carbonyl (C=O) groups excluding carboxylic acids is 2. The highest BCUT2D eigenvalue weighted by molar-refractivity contribution is 6.07. The number of amides is 2. The van der Waals surface area contributed by atoms with Gasteiger partial charge in [0.1, 0.15) is 5.82 Å². The van der Waals surface area contributed by atoms with Crippen molar-refractivity contribution in [2.75, 3.05) is 36.4 Å². The number of nitrogens with zero attached hydrogens (tertiary/aromatic N) is 3. The molecule has 0 bridgehead atoms. The smallest absolute Gasteiger partial charge is 0.255 e. The van der Waals surface area contributed by atoms with E-state index in [0.29, 0.717) is 48.9 Å². The van der Waals surface area contributed by atoms with Crippen molar-refractivity contribution in [3.05, 3.63) is 88.6 Å². The molecule has 0 aliphatic carbocycles. The molecule has 0 atom stereocenters. The second-order valence-electron chi connectivity index (χ2n) is 9.92. The molecule has 2 N–H and O–H groups in total. The Morgan fingerprint density at radius 2 is 1.60 bits per heavy atom. The first-order valence-electron chi connectivity index (χ1n) is 13.9. The number of anilines is 2. The van der Waals surface area contributed by atoms with Crippen LogP contribution in [0.1, 0.15) is 70.0 Å². The molecule has 210 valence electrons. The lowest BCUT2D eigenvalue weighted by molar-refractivity contribution is 0.0713.